The highest BCUT2D eigenvalue weighted by Gasteiger charge is 2.34. The summed E-state index contributed by atoms with van der Waals surface area (Å²) in [6, 6.07) is 11.7. The van der Waals surface area contributed by atoms with Gasteiger partial charge in [0.05, 0.1) is 6.07 Å². The van der Waals surface area contributed by atoms with Crippen molar-refractivity contribution in [3.05, 3.63) is 35.9 Å². The predicted octanol–water partition coefficient (Wildman–Crippen LogP) is 2.55. The van der Waals surface area contributed by atoms with Gasteiger partial charge in [-0.2, -0.15) is 5.26 Å². The average Bonchev–Trinajstić information content (AvgIpc) is 2.70. The Bertz CT molecular complexity index is 463. The van der Waals surface area contributed by atoms with E-state index in [1.54, 1.807) is 0 Å². The average molecular weight is 242 g/mol. The lowest BCUT2D eigenvalue weighted by Crippen LogP contribution is -2.37. The zero-order chi connectivity index (χ0) is 13.1. The third-order valence-corrected chi connectivity index (χ3v) is 3.58. The Morgan fingerprint density at radius 3 is 2.56 bits per heavy atom. The Balaban J connectivity index is 2.20. The van der Waals surface area contributed by atoms with Crippen LogP contribution in [0.2, 0.25) is 0 Å². The quantitative estimate of drug-likeness (QED) is 0.800. The molecule has 1 heterocycles. The zero-order valence-corrected chi connectivity index (χ0v) is 10.8. The van der Waals surface area contributed by atoms with Crippen LogP contribution in [0.1, 0.15) is 31.7 Å². The molecule has 0 bridgehead atoms. The molecule has 3 nitrogen and oxygen atoms in total. The Morgan fingerprint density at radius 2 is 2.06 bits per heavy atom. The minimum atomic E-state index is -0.668. The molecule has 1 fully saturated rings. The van der Waals surface area contributed by atoms with E-state index < -0.39 is 5.92 Å². The molecule has 0 N–H and O–H groups in total. The summed E-state index contributed by atoms with van der Waals surface area (Å²) in [6.07, 6.45) is 1.03. The molecule has 3 unspecified atom stereocenters. The molecule has 0 aromatic heterocycles. The van der Waals surface area contributed by atoms with Crippen molar-refractivity contribution in [3.8, 4) is 6.07 Å². The highest BCUT2D eigenvalue weighted by molar-refractivity contribution is 5.87. The van der Waals surface area contributed by atoms with Gasteiger partial charge in [0, 0.05) is 12.6 Å². The number of nitriles is 1. The van der Waals surface area contributed by atoms with Gasteiger partial charge in [-0.3, -0.25) is 4.79 Å². The molecule has 1 amide bonds. The Morgan fingerprint density at radius 1 is 1.39 bits per heavy atom. The number of benzene rings is 1. The zero-order valence-electron chi connectivity index (χ0n) is 10.8. The number of carbonyl (C=O) groups excluding carboxylic acids is 1. The van der Waals surface area contributed by atoms with Crippen LogP contribution in [0.3, 0.4) is 0 Å². The van der Waals surface area contributed by atoms with Crippen molar-refractivity contribution < 1.29 is 4.79 Å². The molecule has 0 radical (unpaired) electrons. The molecule has 94 valence electrons. The van der Waals surface area contributed by atoms with Gasteiger partial charge in [-0.25, -0.2) is 0 Å². The molecular formula is C15H18N2O. The minimum Gasteiger partial charge on any atom is -0.338 e. The van der Waals surface area contributed by atoms with Crippen molar-refractivity contribution in [2.75, 3.05) is 6.54 Å². The summed E-state index contributed by atoms with van der Waals surface area (Å²) >= 11 is 0. The van der Waals surface area contributed by atoms with Gasteiger partial charge in [0.25, 0.3) is 0 Å². The van der Waals surface area contributed by atoms with Crippen LogP contribution in [0.15, 0.2) is 30.3 Å². The second-order valence-corrected chi connectivity index (χ2v) is 5.15. The van der Waals surface area contributed by atoms with Crippen LogP contribution in [0.4, 0.5) is 0 Å². The summed E-state index contributed by atoms with van der Waals surface area (Å²) in [5.74, 6) is -0.196. The lowest BCUT2D eigenvalue weighted by atomic mass is 9.99. The molecule has 0 spiro atoms. The summed E-state index contributed by atoms with van der Waals surface area (Å²) in [4.78, 5) is 14.3. The number of hydrogen-bond acceptors (Lipinski definition) is 2. The lowest BCUT2D eigenvalue weighted by Gasteiger charge is -2.24. The summed E-state index contributed by atoms with van der Waals surface area (Å²) in [7, 11) is 0. The molecule has 18 heavy (non-hydrogen) atoms. The topological polar surface area (TPSA) is 44.1 Å². The van der Waals surface area contributed by atoms with Crippen LogP contribution in [0.5, 0.6) is 0 Å². The third-order valence-electron chi connectivity index (χ3n) is 3.58. The number of amides is 1. The maximum absolute atomic E-state index is 12.4. The number of carbonyl (C=O) groups is 1. The highest BCUT2D eigenvalue weighted by atomic mass is 16.2. The summed E-state index contributed by atoms with van der Waals surface area (Å²) in [5, 5.41) is 9.26. The largest absolute Gasteiger partial charge is 0.338 e. The molecule has 1 aromatic rings. The van der Waals surface area contributed by atoms with Gasteiger partial charge in [0.1, 0.15) is 5.92 Å². The van der Waals surface area contributed by atoms with E-state index in [4.69, 9.17) is 0 Å². The van der Waals surface area contributed by atoms with E-state index in [0.717, 1.165) is 18.5 Å². The first-order valence-corrected chi connectivity index (χ1v) is 6.38. The standard InChI is InChI=1S/C15H18N2O/c1-11-8-12(2)17(10-11)15(18)14(9-16)13-6-4-3-5-7-13/h3-7,11-12,14H,8,10H2,1-2H3. The number of likely N-dealkylation sites (tertiary alicyclic amines) is 1. The van der Waals surface area contributed by atoms with E-state index in [1.807, 2.05) is 35.2 Å². The fraction of sp³-hybridized carbons (Fsp3) is 0.467. The third kappa shape index (κ3) is 2.38. The first-order chi connectivity index (χ1) is 8.63. The van der Waals surface area contributed by atoms with Crippen LogP contribution in [0, 0.1) is 17.2 Å². The van der Waals surface area contributed by atoms with E-state index in [-0.39, 0.29) is 11.9 Å². The first-order valence-electron chi connectivity index (χ1n) is 6.38. The van der Waals surface area contributed by atoms with E-state index in [2.05, 4.69) is 19.9 Å². The summed E-state index contributed by atoms with van der Waals surface area (Å²) in [6.45, 7) is 4.97. The van der Waals surface area contributed by atoms with Gasteiger partial charge >= 0.3 is 0 Å². The van der Waals surface area contributed by atoms with Crippen LogP contribution in [0.25, 0.3) is 0 Å². The molecule has 3 heteroatoms. The van der Waals surface area contributed by atoms with Crippen LogP contribution in [-0.4, -0.2) is 23.4 Å². The molecule has 2 rings (SSSR count). The highest BCUT2D eigenvalue weighted by Crippen LogP contribution is 2.27. The van der Waals surface area contributed by atoms with Gasteiger partial charge < -0.3 is 4.90 Å². The van der Waals surface area contributed by atoms with Crippen LogP contribution < -0.4 is 0 Å². The summed E-state index contributed by atoms with van der Waals surface area (Å²) < 4.78 is 0. The van der Waals surface area contributed by atoms with Crippen molar-refractivity contribution in [2.45, 2.75) is 32.2 Å². The van der Waals surface area contributed by atoms with Crippen molar-refractivity contribution in [1.82, 2.24) is 4.90 Å². The van der Waals surface area contributed by atoms with E-state index >= 15 is 0 Å². The fourth-order valence-corrected chi connectivity index (χ4v) is 2.69. The molecule has 0 saturated carbocycles. The second-order valence-electron chi connectivity index (χ2n) is 5.15. The van der Waals surface area contributed by atoms with Crippen molar-refractivity contribution >= 4 is 5.91 Å². The minimum absolute atomic E-state index is 0.0550. The van der Waals surface area contributed by atoms with Gasteiger partial charge in [-0.05, 0) is 24.8 Å². The molecule has 1 aliphatic rings. The van der Waals surface area contributed by atoms with Crippen LogP contribution in [-0.2, 0) is 4.79 Å². The molecule has 1 aliphatic heterocycles. The Hall–Kier alpha value is -1.82. The Kier molecular flexibility index (Phi) is 3.66. The monoisotopic (exact) mass is 242 g/mol. The number of rotatable bonds is 2. The van der Waals surface area contributed by atoms with Crippen molar-refractivity contribution in [3.63, 3.8) is 0 Å². The number of hydrogen-bond donors (Lipinski definition) is 0. The second kappa shape index (κ2) is 5.22. The van der Waals surface area contributed by atoms with E-state index in [9.17, 15) is 10.1 Å². The molecule has 0 aliphatic carbocycles. The maximum atomic E-state index is 12.4. The van der Waals surface area contributed by atoms with E-state index in [1.165, 1.54) is 0 Å². The summed E-state index contributed by atoms with van der Waals surface area (Å²) in [5.41, 5.74) is 0.789. The smallest absolute Gasteiger partial charge is 0.244 e. The van der Waals surface area contributed by atoms with Gasteiger partial charge in [0.15, 0.2) is 0 Å². The van der Waals surface area contributed by atoms with Gasteiger partial charge in [-0.1, -0.05) is 37.3 Å². The maximum Gasteiger partial charge on any atom is 0.244 e. The van der Waals surface area contributed by atoms with Crippen molar-refractivity contribution in [2.24, 2.45) is 5.92 Å². The predicted molar refractivity (Wildman–Crippen MR) is 69.8 cm³/mol. The SMILES string of the molecule is CC1CC(C)N(C(=O)C(C#N)c2ccccc2)C1. The van der Waals surface area contributed by atoms with E-state index in [0.29, 0.717) is 5.92 Å². The van der Waals surface area contributed by atoms with Gasteiger partial charge in [0.2, 0.25) is 5.91 Å². The van der Waals surface area contributed by atoms with Crippen molar-refractivity contribution in [1.29, 1.82) is 5.26 Å². The fourth-order valence-electron chi connectivity index (χ4n) is 2.69. The molecule has 1 aromatic carbocycles. The van der Waals surface area contributed by atoms with Gasteiger partial charge in [-0.15, -0.1) is 0 Å². The van der Waals surface area contributed by atoms with Crippen LogP contribution >= 0.6 is 0 Å². The molecular weight excluding hydrogens is 224 g/mol. The number of nitrogens with zero attached hydrogens (tertiary/aromatic N) is 2. The molecule has 1 saturated heterocycles. The Labute approximate surface area is 108 Å². The first kappa shape index (κ1) is 12.6. The lowest BCUT2D eigenvalue weighted by molar-refractivity contribution is -0.132. The molecule has 3 atom stereocenters. The normalized spacial score (nSPS) is 24.6.